The van der Waals surface area contributed by atoms with Crippen LogP contribution >= 0.6 is 28.1 Å². The zero-order valence-electron chi connectivity index (χ0n) is 11.3. The van der Waals surface area contributed by atoms with Gasteiger partial charge in [-0.2, -0.15) is 0 Å². The Hall–Kier alpha value is -1.00. The Kier molecular flexibility index (Phi) is 4.21. The summed E-state index contributed by atoms with van der Waals surface area (Å²) >= 11 is 8.87. The standard InChI is InChI=1S/C15H17BrN2S/c1-15(2,3)9-11-17-13(12(16)14(19)18-11)10-7-5-4-6-8-10/h4-8H,9H2,1-3H3,(H,17,18,19). The lowest BCUT2D eigenvalue weighted by Crippen LogP contribution is -2.12. The Bertz CT molecular complexity index is 627. The van der Waals surface area contributed by atoms with Gasteiger partial charge in [-0.25, -0.2) is 4.98 Å². The van der Waals surface area contributed by atoms with Crippen molar-refractivity contribution in [1.82, 2.24) is 9.97 Å². The number of halogens is 1. The highest BCUT2D eigenvalue weighted by Gasteiger charge is 2.15. The molecule has 0 amide bonds. The first kappa shape index (κ1) is 14.4. The van der Waals surface area contributed by atoms with Crippen LogP contribution in [0.1, 0.15) is 26.6 Å². The number of nitrogens with one attached hydrogen (secondary N) is 1. The summed E-state index contributed by atoms with van der Waals surface area (Å²) in [6.07, 6.45) is 0.865. The number of aromatic amines is 1. The molecule has 19 heavy (non-hydrogen) atoms. The molecule has 1 aromatic carbocycles. The number of hydrogen-bond acceptors (Lipinski definition) is 2. The summed E-state index contributed by atoms with van der Waals surface area (Å²) in [5.74, 6) is 0.930. The zero-order valence-corrected chi connectivity index (χ0v) is 13.7. The van der Waals surface area contributed by atoms with E-state index in [0.29, 0.717) is 4.64 Å². The van der Waals surface area contributed by atoms with Crippen LogP contribution in [0.25, 0.3) is 11.3 Å². The van der Waals surface area contributed by atoms with Crippen LogP contribution < -0.4 is 0 Å². The van der Waals surface area contributed by atoms with Crippen LogP contribution in [0, 0.1) is 10.1 Å². The second-order valence-corrected chi connectivity index (χ2v) is 6.96. The molecule has 0 aliphatic carbocycles. The fourth-order valence-electron chi connectivity index (χ4n) is 1.90. The molecule has 0 aliphatic rings. The number of benzene rings is 1. The minimum atomic E-state index is 0.174. The third-order valence-corrected chi connectivity index (χ3v) is 4.00. The normalized spacial score (nSPS) is 11.6. The molecule has 4 heteroatoms. The van der Waals surface area contributed by atoms with E-state index in [-0.39, 0.29) is 5.41 Å². The van der Waals surface area contributed by atoms with Crippen molar-refractivity contribution in [2.45, 2.75) is 27.2 Å². The Balaban J connectivity index is 2.53. The van der Waals surface area contributed by atoms with E-state index in [9.17, 15) is 0 Å². The predicted octanol–water partition coefficient (Wildman–Crippen LogP) is 5.16. The molecule has 0 saturated carbocycles. The van der Waals surface area contributed by atoms with Crippen LogP contribution in [0.4, 0.5) is 0 Å². The molecule has 0 spiro atoms. The molecule has 0 bridgehead atoms. The van der Waals surface area contributed by atoms with Gasteiger partial charge in [0.2, 0.25) is 0 Å². The Labute approximate surface area is 127 Å². The fraction of sp³-hybridized carbons (Fsp3) is 0.333. The lowest BCUT2D eigenvalue weighted by atomic mass is 9.92. The molecule has 0 fully saturated rings. The molecule has 2 aromatic rings. The lowest BCUT2D eigenvalue weighted by molar-refractivity contribution is 0.400. The molecule has 100 valence electrons. The van der Waals surface area contributed by atoms with Gasteiger partial charge in [-0.1, -0.05) is 63.3 Å². The third-order valence-electron chi connectivity index (χ3n) is 2.67. The number of hydrogen-bond donors (Lipinski definition) is 1. The molecule has 0 radical (unpaired) electrons. The van der Waals surface area contributed by atoms with Gasteiger partial charge in [0.05, 0.1) is 10.2 Å². The third kappa shape index (κ3) is 3.74. The second-order valence-electron chi connectivity index (χ2n) is 5.78. The van der Waals surface area contributed by atoms with Gasteiger partial charge in [-0.15, -0.1) is 0 Å². The molecule has 1 aromatic heterocycles. The van der Waals surface area contributed by atoms with Crippen LogP contribution in [0.5, 0.6) is 0 Å². The molecule has 1 heterocycles. The maximum absolute atomic E-state index is 5.34. The van der Waals surface area contributed by atoms with Crippen LogP contribution in [-0.2, 0) is 6.42 Å². The number of nitrogens with zero attached hydrogens (tertiary/aromatic N) is 1. The van der Waals surface area contributed by atoms with Gasteiger partial charge in [-0.05, 0) is 26.9 Å². The summed E-state index contributed by atoms with van der Waals surface area (Å²) in [7, 11) is 0. The van der Waals surface area contributed by atoms with Crippen molar-refractivity contribution in [3.63, 3.8) is 0 Å². The summed E-state index contributed by atoms with van der Waals surface area (Å²) in [5.41, 5.74) is 2.28. The summed E-state index contributed by atoms with van der Waals surface area (Å²) in [6, 6.07) is 10.2. The van der Waals surface area contributed by atoms with Crippen molar-refractivity contribution in [1.29, 1.82) is 0 Å². The van der Waals surface area contributed by atoms with Gasteiger partial charge in [0.1, 0.15) is 10.5 Å². The minimum Gasteiger partial charge on any atom is -0.342 e. The van der Waals surface area contributed by atoms with Crippen molar-refractivity contribution < 1.29 is 0 Å². The first-order chi connectivity index (χ1) is 8.87. The molecule has 0 aliphatic heterocycles. The van der Waals surface area contributed by atoms with Crippen molar-refractivity contribution in [3.05, 3.63) is 45.3 Å². The van der Waals surface area contributed by atoms with Gasteiger partial charge in [0.15, 0.2) is 0 Å². The van der Waals surface area contributed by atoms with Crippen molar-refractivity contribution >= 4 is 28.1 Å². The fourth-order valence-corrected chi connectivity index (χ4v) is 2.52. The molecule has 2 rings (SSSR count). The van der Waals surface area contributed by atoms with Crippen molar-refractivity contribution in [2.75, 3.05) is 0 Å². The summed E-state index contributed by atoms with van der Waals surface area (Å²) in [5, 5.41) is 0. The molecule has 0 atom stereocenters. The van der Waals surface area contributed by atoms with E-state index in [1.54, 1.807) is 0 Å². The highest BCUT2D eigenvalue weighted by molar-refractivity contribution is 9.10. The highest BCUT2D eigenvalue weighted by Crippen LogP contribution is 2.28. The van der Waals surface area contributed by atoms with Gasteiger partial charge in [0, 0.05) is 6.42 Å². The largest absolute Gasteiger partial charge is 0.342 e. The zero-order chi connectivity index (χ0) is 14.0. The molecule has 0 unspecified atom stereocenters. The summed E-state index contributed by atoms with van der Waals surface area (Å²) in [6.45, 7) is 6.57. The SMILES string of the molecule is CC(C)(C)Cc1nc(=S)c(Br)c(-c2ccccc2)[nH]1. The minimum absolute atomic E-state index is 0.174. The van der Waals surface area contributed by atoms with Crippen LogP contribution in [0.3, 0.4) is 0 Å². The van der Waals surface area contributed by atoms with Crippen LogP contribution in [0.15, 0.2) is 34.8 Å². The maximum atomic E-state index is 5.34. The van der Waals surface area contributed by atoms with E-state index in [4.69, 9.17) is 12.2 Å². The monoisotopic (exact) mass is 336 g/mol. The van der Waals surface area contributed by atoms with Crippen LogP contribution in [0.2, 0.25) is 0 Å². The van der Waals surface area contributed by atoms with E-state index >= 15 is 0 Å². The summed E-state index contributed by atoms with van der Waals surface area (Å²) in [4.78, 5) is 7.86. The van der Waals surface area contributed by atoms with E-state index in [0.717, 1.165) is 28.0 Å². The molecular weight excluding hydrogens is 320 g/mol. The van der Waals surface area contributed by atoms with Gasteiger partial charge in [-0.3, -0.25) is 0 Å². The smallest absolute Gasteiger partial charge is 0.144 e. The molecular formula is C15H17BrN2S. The maximum Gasteiger partial charge on any atom is 0.144 e. The quantitative estimate of drug-likeness (QED) is 0.767. The summed E-state index contributed by atoms with van der Waals surface area (Å²) < 4.78 is 1.46. The number of aromatic nitrogens is 2. The van der Waals surface area contributed by atoms with Crippen LogP contribution in [-0.4, -0.2) is 9.97 Å². The molecule has 0 saturated heterocycles. The van der Waals surface area contributed by atoms with E-state index in [2.05, 4.69) is 58.8 Å². The number of H-pyrrole nitrogens is 1. The van der Waals surface area contributed by atoms with E-state index in [1.165, 1.54) is 0 Å². The van der Waals surface area contributed by atoms with Crippen molar-refractivity contribution in [2.24, 2.45) is 5.41 Å². The topological polar surface area (TPSA) is 28.7 Å². The second kappa shape index (κ2) is 5.55. The first-order valence-electron chi connectivity index (χ1n) is 6.21. The van der Waals surface area contributed by atoms with E-state index in [1.807, 2.05) is 18.2 Å². The molecule has 2 nitrogen and oxygen atoms in total. The lowest BCUT2D eigenvalue weighted by Gasteiger charge is -2.18. The first-order valence-corrected chi connectivity index (χ1v) is 7.41. The Morgan fingerprint density at radius 1 is 1.21 bits per heavy atom. The average Bonchev–Trinajstić information content (AvgIpc) is 2.33. The Morgan fingerprint density at radius 3 is 2.42 bits per heavy atom. The van der Waals surface area contributed by atoms with Gasteiger partial charge < -0.3 is 4.98 Å². The van der Waals surface area contributed by atoms with Gasteiger partial charge >= 0.3 is 0 Å². The number of rotatable bonds is 2. The predicted molar refractivity (Wildman–Crippen MR) is 85.7 cm³/mol. The average molecular weight is 337 g/mol. The van der Waals surface area contributed by atoms with Gasteiger partial charge in [0.25, 0.3) is 0 Å². The molecule has 1 N–H and O–H groups in total. The highest BCUT2D eigenvalue weighted by atomic mass is 79.9. The van der Waals surface area contributed by atoms with E-state index < -0.39 is 0 Å². The Morgan fingerprint density at radius 2 is 1.84 bits per heavy atom. The van der Waals surface area contributed by atoms with Crippen molar-refractivity contribution in [3.8, 4) is 11.3 Å².